The van der Waals surface area contributed by atoms with E-state index in [0.717, 1.165) is 0 Å². The summed E-state index contributed by atoms with van der Waals surface area (Å²) in [5.41, 5.74) is 5.81. The van der Waals surface area contributed by atoms with Gasteiger partial charge in [0.25, 0.3) is 0 Å². The molecule has 7 heteroatoms. The van der Waals surface area contributed by atoms with Crippen molar-refractivity contribution in [3.05, 3.63) is 66.0 Å². The van der Waals surface area contributed by atoms with Crippen LogP contribution in [0.2, 0.25) is 0 Å². The minimum Gasteiger partial charge on any atom is -0.368 e. The Balaban J connectivity index is 1.91. The smallest absolute Gasteiger partial charge is 0.240 e. The van der Waals surface area contributed by atoms with Crippen LogP contribution in [0.4, 0.5) is 4.39 Å². The van der Waals surface area contributed by atoms with Crippen molar-refractivity contribution in [3.8, 4) is 0 Å². The topological polar surface area (TPSA) is 89.3 Å². The second kappa shape index (κ2) is 9.08. The van der Waals surface area contributed by atoms with Crippen molar-refractivity contribution in [1.82, 2.24) is 5.32 Å². The van der Waals surface area contributed by atoms with Gasteiger partial charge < -0.3 is 11.1 Å². The van der Waals surface area contributed by atoms with E-state index < -0.39 is 34.5 Å². The summed E-state index contributed by atoms with van der Waals surface area (Å²) in [6.45, 7) is 0. The Morgan fingerprint density at radius 3 is 2.48 bits per heavy atom. The van der Waals surface area contributed by atoms with Crippen LogP contribution in [-0.2, 0) is 26.8 Å². The predicted octanol–water partition coefficient (Wildman–Crippen LogP) is 1.54. The minimum atomic E-state index is -1.29. The molecule has 0 aliphatic heterocycles. The van der Waals surface area contributed by atoms with E-state index >= 15 is 0 Å². The van der Waals surface area contributed by atoms with Gasteiger partial charge in [0.1, 0.15) is 11.9 Å². The highest BCUT2D eigenvalue weighted by Crippen LogP contribution is 2.08. The van der Waals surface area contributed by atoms with Crippen molar-refractivity contribution in [2.45, 2.75) is 23.8 Å². The van der Waals surface area contributed by atoms with Crippen LogP contribution in [0.3, 0.4) is 0 Å². The molecule has 0 aliphatic carbocycles. The van der Waals surface area contributed by atoms with E-state index in [2.05, 4.69) is 5.32 Å². The van der Waals surface area contributed by atoms with Gasteiger partial charge in [-0.3, -0.25) is 13.8 Å². The van der Waals surface area contributed by atoms with Crippen LogP contribution in [0.15, 0.2) is 59.5 Å². The first-order valence-corrected chi connectivity index (χ1v) is 9.04. The summed E-state index contributed by atoms with van der Waals surface area (Å²) in [6, 6.07) is 13.6. The van der Waals surface area contributed by atoms with Crippen LogP contribution < -0.4 is 11.1 Å². The number of amides is 2. The maximum absolute atomic E-state index is 13.1. The van der Waals surface area contributed by atoms with Gasteiger partial charge in [-0.2, -0.15) is 0 Å². The summed E-state index contributed by atoms with van der Waals surface area (Å²) in [5, 5.41) is 2.52. The third kappa shape index (κ3) is 6.11. The van der Waals surface area contributed by atoms with E-state index in [4.69, 9.17) is 5.73 Å². The molecule has 0 unspecified atom stereocenters. The molecule has 2 atom stereocenters. The van der Waals surface area contributed by atoms with Crippen LogP contribution in [-0.4, -0.2) is 27.8 Å². The zero-order chi connectivity index (χ0) is 18.2. The summed E-state index contributed by atoms with van der Waals surface area (Å²) in [5.74, 6) is -1.38. The van der Waals surface area contributed by atoms with Crippen molar-refractivity contribution in [2.75, 3.05) is 5.75 Å². The molecule has 0 heterocycles. The number of primary amides is 1. The van der Waals surface area contributed by atoms with Gasteiger partial charge in [0.15, 0.2) is 0 Å². The van der Waals surface area contributed by atoms with E-state index in [1.54, 1.807) is 30.3 Å². The van der Waals surface area contributed by atoms with Gasteiger partial charge in [-0.1, -0.05) is 30.3 Å². The molecule has 0 aliphatic rings. The van der Waals surface area contributed by atoms with Gasteiger partial charge >= 0.3 is 0 Å². The molecule has 0 bridgehead atoms. The molecule has 2 amide bonds. The maximum atomic E-state index is 13.1. The zero-order valence-electron chi connectivity index (χ0n) is 13.5. The van der Waals surface area contributed by atoms with Gasteiger partial charge in [-0.05, 0) is 36.2 Å². The largest absolute Gasteiger partial charge is 0.368 e. The number of nitrogens with two attached hydrogens (primary N) is 1. The Kier molecular flexibility index (Phi) is 6.82. The van der Waals surface area contributed by atoms with E-state index in [-0.39, 0.29) is 18.6 Å². The molecule has 0 fully saturated rings. The molecular formula is C18H19FN2O3S. The summed E-state index contributed by atoms with van der Waals surface area (Å²) in [6.07, 6.45) is 0.0923. The number of hydrogen-bond acceptors (Lipinski definition) is 3. The monoisotopic (exact) mass is 362 g/mol. The summed E-state index contributed by atoms with van der Waals surface area (Å²) in [4.78, 5) is 24.2. The van der Waals surface area contributed by atoms with E-state index in [1.165, 1.54) is 18.2 Å². The lowest BCUT2D eigenvalue weighted by molar-refractivity contribution is -0.127. The van der Waals surface area contributed by atoms with Gasteiger partial charge in [0.2, 0.25) is 11.8 Å². The fourth-order valence-corrected chi connectivity index (χ4v) is 3.42. The number of halogens is 1. The van der Waals surface area contributed by atoms with E-state index in [1.807, 2.05) is 6.07 Å². The molecule has 0 saturated heterocycles. The summed E-state index contributed by atoms with van der Waals surface area (Å²) >= 11 is 0. The Morgan fingerprint density at radius 2 is 1.84 bits per heavy atom. The van der Waals surface area contributed by atoms with Crippen LogP contribution in [0.1, 0.15) is 12.0 Å². The Morgan fingerprint density at radius 1 is 1.12 bits per heavy atom. The van der Waals surface area contributed by atoms with Crippen LogP contribution in [0, 0.1) is 5.82 Å². The lowest BCUT2D eigenvalue weighted by atomic mass is 10.1. The fraction of sp³-hybridized carbons (Fsp3) is 0.222. The van der Waals surface area contributed by atoms with Gasteiger partial charge in [-0.25, -0.2) is 4.39 Å². The molecule has 2 rings (SSSR count). The molecule has 132 valence electrons. The van der Waals surface area contributed by atoms with Crippen molar-refractivity contribution in [3.63, 3.8) is 0 Å². The first-order chi connectivity index (χ1) is 12.0. The average Bonchev–Trinajstić information content (AvgIpc) is 2.58. The number of carbonyl (C=O) groups excluding carboxylic acids is 2. The molecule has 0 aromatic heterocycles. The second-order valence-corrected chi connectivity index (χ2v) is 7.05. The highest BCUT2D eigenvalue weighted by Gasteiger charge is 2.19. The second-order valence-electron chi connectivity index (χ2n) is 5.48. The van der Waals surface area contributed by atoms with E-state index in [9.17, 15) is 18.2 Å². The Labute approximate surface area is 147 Å². The lowest BCUT2D eigenvalue weighted by Crippen LogP contribution is -2.45. The number of hydrogen-bond donors (Lipinski definition) is 2. The van der Waals surface area contributed by atoms with Gasteiger partial charge in [0.05, 0.1) is 17.2 Å². The van der Waals surface area contributed by atoms with Crippen molar-refractivity contribution in [1.29, 1.82) is 0 Å². The summed E-state index contributed by atoms with van der Waals surface area (Å²) < 4.78 is 25.3. The standard InChI is InChI=1S/C18H19FN2O3S/c19-14-6-4-5-13(11-14)12-17(22)21-16(18(20)23)9-10-25(24)15-7-2-1-3-8-15/h1-8,11,16H,9-10,12H2,(H2,20,23)(H,21,22)/t16-,25+/m1/s1. The molecule has 0 radical (unpaired) electrons. The zero-order valence-corrected chi connectivity index (χ0v) is 14.3. The number of nitrogens with one attached hydrogen (secondary N) is 1. The SMILES string of the molecule is NC(=O)[C@@H](CC[S@](=O)c1ccccc1)NC(=O)Cc1cccc(F)c1. The number of benzene rings is 2. The molecule has 0 spiro atoms. The number of rotatable bonds is 8. The molecule has 2 aromatic carbocycles. The summed E-state index contributed by atoms with van der Waals surface area (Å²) in [7, 11) is -1.29. The molecule has 25 heavy (non-hydrogen) atoms. The average molecular weight is 362 g/mol. The normalized spacial score (nSPS) is 13.0. The predicted molar refractivity (Wildman–Crippen MR) is 93.6 cm³/mol. The third-order valence-corrected chi connectivity index (χ3v) is 4.93. The fourth-order valence-electron chi connectivity index (χ4n) is 2.28. The van der Waals surface area contributed by atoms with Crippen molar-refractivity contribution < 1.29 is 18.2 Å². The van der Waals surface area contributed by atoms with Crippen LogP contribution in [0.25, 0.3) is 0 Å². The van der Waals surface area contributed by atoms with Crippen molar-refractivity contribution in [2.24, 2.45) is 5.73 Å². The first-order valence-electron chi connectivity index (χ1n) is 7.72. The Hall–Kier alpha value is -2.54. The Bertz CT molecular complexity index is 768. The molecular weight excluding hydrogens is 343 g/mol. The molecule has 5 nitrogen and oxygen atoms in total. The molecule has 2 aromatic rings. The van der Waals surface area contributed by atoms with Crippen LogP contribution >= 0.6 is 0 Å². The third-order valence-electron chi connectivity index (χ3n) is 3.53. The first kappa shape index (κ1) is 18.8. The van der Waals surface area contributed by atoms with E-state index in [0.29, 0.717) is 10.5 Å². The molecule has 0 saturated carbocycles. The maximum Gasteiger partial charge on any atom is 0.240 e. The van der Waals surface area contributed by atoms with Crippen molar-refractivity contribution >= 4 is 22.6 Å². The quantitative estimate of drug-likeness (QED) is 0.746. The van der Waals surface area contributed by atoms with Gasteiger partial charge in [0, 0.05) is 10.6 Å². The van der Waals surface area contributed by atoms with Crippen LogP contribution in [0.5, 0.6) is 0 Å². The minimum absolute atomic E-state index is 0.0662. The highest BCUT2D eigenvalue weighted by molar-refractivity contribution is 7.85. The highest BCUT2D eigenvalue weighted by atomic mass is 32.2. The lowest BCUT2D eigenvalue weighted by Gasteiger charge is -2.15. The molecule has 3 N–H and O–H groups in total. The number of carbonyl (C=O) groups is 2. The van der Waals surface area contributed by atoms with Gasteiger partial charge in [-0.15, -0.1) is 0 Å².